The van der Waals surface area contributed by atoms with Crippen molar-refractivity contribution in [2.24, 2.45) is 0 Å². The van der Waals surface area contributed by atoms with Crippen LogP contribution in [-0.2, 0) is 10.0 Å². The van der Waals surface area contributed by atoms with E-state index in [9.17, 15) is 8.42 Å². The summed E-state index contributed by atoms with van der Waals surface area (Å²) in [7, 11) is -3.74. The molecule has 29 heavy (non-hydrogen) atoms. The zero-order chi connectivity index (χ0) is 19.8. The molecule has 0 aliphatic heterocycles. The Labute approximate surface area is 174 Å². The van der Waals surface area contributed by atoms with E-state index in [1.807, 2.05) is 17.6 Å². The van der Waals surface area contributed by atoms with Gasteiger partial charge in [-0.25, -0.2) is 22.4 Å². The van der Waals surface area contributed by atoms with Crippen LogP contribution in [0.2, 0.25) is 0 Å². The third-order valence-corrected chi connectivity index (χ3v) is 7.97. The van der Waals surface area contributed by atoms with Gasteiger partial charge >= 0.3 is 0 Å². The summed E-state index contributed by atoms with van der Waals surface area (Å²) in [5.41, 5.74) is 5.01. The van der Waals surface area contributed by atoms with E-state index in [0.29, 0.717) is 11.6 Å². The third kappa shape index (κ3) is 3.28. The lowest BCUT2D eigenvalue weighted by Crippen LogP contribution is -2.12. The van der Waals surface area contributed by atoms with Crippen molar-refractivity contribution in [1.29, 1.82) is 0 Å². The number of fused-ring (bicyclic) bond motifs is 1. The number of hydrogen-bond donors (Lipinski definition) is 0. The molecule has 0 spiro atoms. The van der Waals surface area contributed by atoms with Gasteiger partial charge in [-0.1, -0.05) is 37.5 Å². The van der Waals surface area contributed by atoms with Crippen LogP contribution in [0.15, 0.2) is 64.6 Å². The second kappa shape index (κ2) is 7.39. The van der Waals surface area contributed by atoms with Crippen LogP contribution in [0.1, 0.15) is 43.6 Å². The lowest BCUT2D eigenvalue weighted by Gasteiger charge is -2.21. The van der Waals surface area contributed by atoms with Gasteiger partial charge in [-0.2, -0.15) is 0 Å². The molecule has 1 saturated carbocycles. The fourth-order valence-electron chi connectivity index (χ4n) is 4.19. The molecule has 1 fully saturated rings. The number of thiazole rings is 1. The SMILES string of the molecule is O=S(=O)(c1ccccc1)n1cc(-c2cscn2)c2cc(C3CCCCC3)cnc21. The molecular weight excluding hydrogens is 402 g/mol. The zero-order valence-corrected chi connectivity index (χ0v) is 17.5. The summed E-state index contributed by atoms with van der Waals surface area (Å²) < 4.78 is 27.9. The molecule has 148 valence electrons. The van der Waals surface area contributed by atoms with Gasteiger partial charge in [-0.15, -0.1) is 11.3 Å². The minimum absolute atomic E-state index is 0.250. The molecule has 1 aromatic carbocycles. The average molecular weight is 424 g/mol. The Hall–Kier alpha value is -2.51. The predicted octanol–water partition coefficient (Wildman–Crippen LogP) is 5.44. The molecule has 0 unspecified atom stereocenters. The fourth-order valence-corrected chi connectivity index (χ4v) is 6.09. The van der Waals surface area contributed by atoms with Gasteiger partial charge in [0.15, 0.2) is 5.65 Å². The van der Waals surface area contributed by atoms with Crippen LogP contribution in [0, 0.1) is 0 Å². The van der Waals surface area contributed by atoms with E-state index in [0.717, 1.165) is 16.6 Å². The summed E-state index contributed by atoms with van der Waals surface area (Å²) >= 11 is 1.50. The second-order valence-electron chi connectivity index (χ2n) is 7.51. The van der Waals surface area contributed by atoms with E-state index in [1.54, 1.807) is 36.0 Å². The molecule has 1 aliphatic carbocycles. The number of nitrogens with zero attached hydrogens (tertiary/aromatic N) is 3. The van der Waals surface area contributed by atoms with E-state index >= 15 is 0 Å². The highest BCUT2D eigenvalue weighted by Crippen LogP contribution is 2.37. The number of rotatable bonds is 4. The summed E-state index contributed by atoms with van der Waals surface area (Å²) in [4.78, 5) is 9.32. The van der Waals surface area contributed by atoms with Gasteiger partial charge in [0.1, 0.15) is 0 Å². The van der Waals surface area contributed by atoms with E-state index in [4.69, 9.17) is 0 Å². The van der Waals surface area contributed by atoms with Crippen molar-refractivity contribution in [3.8, 4) is 11.3 Å². The zero-order valence-electron chi connectivity index (χ0n) is 15.9. The van der Waals surface area contributed by atoms with E-state index < -0.39 is 10.0 Å². The van der Waals surface area contributed by atoms with Gasteiger partial charge in [-0.3, -0.25) is 0 Å². The van der Waals surface area contributed by atoms with Crippen LogP contribution >= 0.6 is 11.3 Å². The first-order valence-electron chi connectivity index (χ1n) is 9.85. The van der Waals surface area contributed by atoms with Crippen LogP contribution in [0.25, 0.3) is 22.3 Å². The quantitative estimate of drug-likeness (QED) is 0.438. The molecule has 0 amide bonds. The first-order chi connectivity index (χ1) is 14.1. The first-order valence-corrected chi connectivity index (χ1v) is 12.2. The average Bonchev–Trinajstić information content (AvgIpc) is 3.42. The summed E-state index contributed by atoms with van der Waals surface area (Å²) in [5.74, 6) is 0.498. The molecule has 0 atom stereocenters. The summed E-state index contributed by atoms with van der Waals surface area (Å²) in [5, 5.41) is 2.79. The van der Waals surface area contributed by atoms with Crippen LogP contribution in [0.5, 0.6) is 0 Å². The van der Waals surface area contributed by atoms with Crippen LogP contribution < -0.4 is 0 Å². The lowest BCUT2D eigenvalue weighted by atomic mass is 9.84. The van der Waals surface area contributed by atoms with Crippen molar-refractivity contribution in [2.45, 2.75) is 42.9 Å². The Morgan fingerprint density at radius 3 is 2.55 bits per heavy atom. The van der Waals surface area contributed by atoms with Crippen molar-refractivity contribution in [3.05, 3.63) is 65.2 Å². The largest absolute Gasteiger partial charge is 0.269 e. The maximum atomic E-state index is 13.3. The molecule has 7 heteroatoms. The fraction of sp³-hybridized carbons (Fsp3) is 0.273. The Balaban J connectivity index is 1.71. The molecular formula is C22H21N3O2S2. The van der Waals surface area contributed by atoms with Crippen molar-refractivity contribution < 1.29 is 8.42 Å². The molecule has 0 N–H and O–H groups in total. The topological polar surface area (TPSA) is 64.8 Å². The van der Waals surface area contributed by atoms with Crippen molar-refractivity contribution in [2.75, 3.05) is 0 Å². The first kappa shape index (κ1) is 18.5. The molecule has 3 aromatic heterocycles. The monoisotopic (exact) mass is 423 g/mol. The summed E-state index contributed by atoms with van der Waals surface area (Å²) in [6.07, 6.45) is 9.64. The van der Waals surface area contributed by atoms with Crippen molar-refractivity contribution in [3.63, 3.8) is 0 Å². The molecule has 3 heterocycles. The Morgan fingerprint density at radius 1 is 1.03 bits per heavy atom. The molecule has 0 bridgehead atoms. The molecule has 0 saturated heterocycles. The van der Waals surface area contributed by atoms with Crippen LogP contribution in [0.3, 0.4) is 0 Å². The highest BCUT2D eigenvalue weighted by atomic mass is 32.2. The normalized spacial score (nSPS) is 15.7. The highest BCUT2D eigenvalue weighted by molar-refractivity contribution is 7.90. The summed E-state index contributed by atoms with van der Waals surface area (Å²) in [6, 6.07) is 10.6. The third-order valence-electron chi connectivity index (χ3n) is 5.72. The molecule has 1 aliphatic rings. The van der Waals surface area contributed by atoms with E-state index in [1.165, 1.54) is 53.0 Å². The van der Waals surface area contributed by atoms with Crippen LogP contribution in [-0.4, -0.2) is 22.4 Å². The Kier molecular flexibility index (Phi) is 4.72. The van der Waals surface area contributed by atoms with E-state index in [-0.39, 0.29) is 4.90 Å². The van der Waals surface area contributed by atoms with E-state index in [2.05, 4.69) is 16.0 Å². The maximum Gasteiger partial charge on any atom is 0.269 e. The minimum Gasteiger partial charge on any atom is -0.245 e. The number of hydrogen-bond acceptors (Lipinski definition) is 5. The highest BCUT2D eigenvalue weighted by Gasteiger charge is 2.25. The standard InChI is InChI=1S/C22H21N3O2S2/c26-29(27,18-9-5-2-6-10-18)25-13-20(21-14-28-15-24-21)19-11-17(12-23-22(19)25)16-7-3-1-4-8-16/h2,5-6,9-16H,1,3-4,7-8H2. The number of benzene rings is 1. The molecule has 5 nitrogen and oxygen atoms in total. The minimum atomic E-state index is -3.74. The Morgan fingerprint density at radius 2 is 1.83 bits per heavy atom. The second-order valence-corrected chi connectivity index (χ2v) is 10.0. The lowest BCUT2D eigenvalue weighted by molar-refractivity contribution is 0.443. The van der Waals surface area contributed by atoms with Gasteiger partial charge in [0.25, 0.3) is 10.0 Å². The summed E-state index contributed by atoms with van der Waals surface area (Å²) in [6.45, 7) is 0. The van der Waals surface area contributed by atoms with Gasteiger partial charge < -0.3 is 0 Å². The Bertz CT molecular complexity index is 1240. The van der Waals surface area contributed by atoms with Crippen molar-refractivity contribution in [1.82, 2.24) is 13.9 Å². The van der Waals surface area contributed by atoms with Crippen LogP contribution in [0.4, 0.5) is 0 Å². The number of aromatic nitrogens is 3. The predicted molar refractivity (Wildman–Crippen MR) is 116 cm³/mol. The van der Waals surface area contributed by atoms with Crippen molar-refractivity contribution >= 4 is 32.4 Å². The number of pyridine rings is 1. The van der Waals surface area contributed by atoms with Gasteiger partial charge in [0, 0.05) is 28.7 Å². The van der Waals surface area contributed by atoms with Gasteiger partial charge in [0.2, 0.25) is 0 Å². The molecule has 4 aromatic rings. The van der Waals surface area contributed by atoms with Gasteiger partial charge in [0.05, 0.1) is 16.1 Å². The smallest absolute Gasteiger partial charge is 0.245 e. The molecule has 0 radical (unpaired) electrons. The maximum absolute atomic E-state index is 13.3. The molecule has 5 rings (SSSR count). The van der Waals surface area contributed by atoms with Gasteiger partial charge in [-0.05, 0) is 42.5 Å².